The number of carbonyl (C=O) groups is 1. The van der Waals surface area contributed by atoms with Crippen LogP contribution in [0.2, 0.25) is 0 Å². The summed E-state index contributed by atoms with van der Waals surface area (Å²) in [5.74, 6) is 4.54. The second-order valence-corrected chi connectivity index (χ2v) is 5.20. The van der Waals surface area contributed by atoms with E-state index in [1.807, 2.05) is 39.8 Å². The van der Waals surface area contributed by atoms with Crippen LogP contribution >= 0.6 is 12.4 Å². The van der Waals surface area contributed by atoms with Gasteiger partial charge in [-0.25, -0.2) is 4.79 Å². The van der Waals surface area contributed by atoms with E-state index >= 15 is 0 Å². The molecule has 0 amide bonds. The minimum Gasteiger partial charge on any atom is -0.396 e. The standard InChI is InChI=1S/C15H24N2O3.ClH/c1-9-10(2)14(17(4)5)11(3)12(7-6-8-18)13(9)15(19)20-16;/h18H,6-8,16H2,1-5H3;1H. The van der Waals surface area contributed by atoms with Gasteiger partial charge in [0.1, 0.15) is 0 Å². The Morgan fingerprint density at radius 3 is 2.19 bits per heavy atom. The molecule has 0 bridgehead atoms. The van der Waals surface area contributed by atoms with Gasteiger partial charge in [-0.2, -0.15) is 5.90 Å². The number of hydrogen-bond acceptors (Lipinski definition) is 5. The summed E-state index contributed by atoms with van der Waals surface area (Å²) in [6, 6.07) is 0. The Morgan fingerprint density at radius 2 is 1.76 bits per heavy atom. The summed E-state index contributed by atoms with van der Waals surface area (Å²) in [5.41, 5.74) is 5.49. The fourth-order valence-electron chi connectivity index (χ4n) is 2.78. The number of rotatable bonds is 5. The maximum atomic E-state index is 12.0. The van der Waals surface area contributed by atoms with Gasteiger partial charge in [0.15, 0.2) is 0 Å². The van der Waals surface area contributed by atoms with Crippen molar-refractivity contribution < 1.29 is 14.7 Å². The predicted octanol–water partition coefficient (Wildman–Crippen LogP) is 2.06. The van der Waals surface area contributed by atoms with Crippen LogP contribution in [0.4, 0.5) is 5.69 Å². The Morgan fingerprint density at radius 1 is 1.19 bits per heavy atom. The van der Waals surface area contributed by atoms with Crippen LogP contribution in [0, 0.1) is 20.8 Å². The first-order valence-corrected chi connectivity index (χ1v) is 6.68. The number of carbonyl (C=O) groups excluding carboxylic acids is 1. The monoisotopic (exact) mass is 316 g/mol. The molecular formula is C15H25ClN2O3. The third kappa shape index (κ3) is 3.87. The minimum absolute atomic E-state index is 0. The van der Waals surface area contributed by atoms with Crippen LogP contribution in [0.15, 0.2) is 0 Å². The number of aliphatic hydroxyl groups is 1. The Kier molecular flexibility index (Phi) is 7.71. The molecule has 0 unspecified atom stereocenters. The van der Waals surface area contributed by atoms with Gasteiger partial charge in [-0.05, 0) is 55.9 Å². The zero-order valence-electron chi connectivity index (χ0n) is 13.3. The Balaban J connectivity index is 0.00000400. The first-order valence-electron chi connectivity index (χ1n) is 6.68. The number of hydrogen-bond donors (Lipinski definition) is 2. The van der Waals surface area contributed by atoms with E-state index in [4.69, 9.17) is 11.0 Å². The molecule has 6 heteroatoms. The van der Waals surface area contributed by atoms with Gasteiger partial charge in [-0.3, -0.25) is 0 Å². The van der Waals surface area contributed by atoms with Gasteiger partial charge in [-0.15, -0.1) is 12.4 Å². The van der Waals surface area contributed by atoms with Crippen molar-refractivity contribution in [3.63, 3.8) is 0 Å². The predicted molar refractivity (Wildman–Crippen MR) is 87.2 cm³/mol. The highest BCUT2D eigenvalue weighted by Gasteiger charge is 2.23. The maximum absolute atomic E-state index is 12.0. The van der Waals surface area contributed by atoms with Crippen molar-refractivity contribution in [3.8, 4) is 0 Å². The van der Waals surface area contributed by atoms with Crippen molar-refractivity contribution in [1.82, 2.24) is 0 Å². The van der Waals surface area contributed by atoms with E-state index < -0.39 is 5.97 Å². The number of aliphatic hydroxyl groups excluding tert-OH is 1. The Labute approximate surface area is 132 Å². The van der Waals surface area contributed by atoms with Gasteiger partial charge < -0.3 is 14.8 Å². The molecule has 0 aromatic heterocycles. The van der Waals surface area contributed by atoms with Crippen LogP contribution < -0.4 is 10.8 Å². The molecule has 21 heavy (non-hydrogen) atoms. The molecule has 0 fully saturated rings. The van der Waals surface area contributed by atoms with Crippen LogP contribution in [0.5, 0.6) is 0 Å². The van der Waals surface area contributed by atoms with E-state index in [1.54, 1.807) is 0 Å². The summed E-state index contributed by atoms with van der Waals surface area (Å²) in [7, 11) is 3.96. The van der Waals surface area contributed by atoms with Crippen molar-refractivity contribution in [2.24, 2.45) is 5.90 Å². The Bertz CT molecular complexity index is 516. The van der Waals surface area contributed by atoms with Crippen LogP contribution in [0.25, 0.3) is 0 Å². The summed E-state index contributed by atoms with van der Waals surface area (Å²) in [4.78, 5) is 18.5. The van der Waals surface area contributed by atoms with Crippen LogP contribution in [0.3, 0.4) is 0 Å². The number of halogens is 1. The van der Waals surface area contributed by atoms with E-state index in [1.165, 1.54) is 0 Å². The van der Waals surface area contributed by atoms with Crippen LogP contribution in [0.1, 0.15) is 39.0 Å². The van der Waals surface area contributed by atoms with E-state index in [2.05, 4.69) is 4.84 Å². The Hall–Kier alpha value is -1.30. The van der Waals surface area contributed by atoms with Gasteiger partial charge in [0.25, 0.3) is 0 Å². The maximum Gasteiger partial charge on any atom is 0.357 e. The molecule has 1 rings (SSSR count). The van der Waals surface area contributed by atoms with Crippen LogP contribution in [-0.2, 0) is 11.3 Å². The highest BCUT2D eigenvalue weighted by molar-refractivity contribution is 5.95. The molecule has 0 aliphatic rings. The lowest BCUT2D eigenvalue weighted by Gasteiger charge is -2.25. The summed E-state index contributed by atoms with van der Waals surface area (Å²) in [6.45, 7) is 5.96. The topological polar surface area (TPSA) is 75.8 Å². The molecule has 0 saturated heterocycles. The lowest BCUT2D eigenvalue weighted by molar-refractivity contribution is 0.0501. The first kappa shape index (κ1) is 19.7. The average molecular weight is 317 g/mol. The normalized spacial score (nSPS) is 10.0. The molecule has 5 nitrogen and oxygen atoms in total. The smallest absolute Gasteiger partial charge is 0.357 e. The third-order valence-electron chi connectivity index (χ3n) is 3.75. The van der Waals surface area contributed by atoms with Crippen LogP contribution in [-0.4, -0.2) is 31.8 Å². The molecule has 120 valence electrons. The minimum atomic E-state index is -0.521. The van der Waals surface area contributed by atoms with E-state index in [-0.39, 0.29) is 19.0 Å². The highest BCUT2D eigenvalue weighted by atomic mass is 35.5. The van der Waals surface area contributed by atoms with E-state index in [0.29, 0.717) is 18.4 Å². The van der Waals surface area contributed by atoms with Gasteiger partial charge in [-0.1, -0.05) is 0 Å². The molecule has 0 atom stereocenters. The van der Waals surface area contributed by atoms with Gasteiger partial charge in [0.05, 0.1) is 5.56 Å². The zero-order valence-corrected chi connectivity index (χ0v) is 14.1. The fraction of sp³-hybridized carbons (Fsp3) is 0.533. The lowest BCUT2D eigenvalue weighted by Crippen LogP contribution is -2.20. The summed E-state index contributed by atoms with van der Waals surface area (Å²) in [5, 5.41) is 9.06. The number of nitrogens with two attached hydrogens (primary N) is 1. The number of anilines is 1. The number of benzene rings is 1. The van der Waals surface area contributed by atoms with Crippen molar-refractivity contribution >= 4 is 24.1 Å². The molecule has 0 radical (unpaired) electrons. The molecule has 0 aliphatic carbocycles. The lowest BCUT2D eigenvalue weighted by atomic mass is 9.88. The molecule has 1 aromatic rings. The zero-order chi connectivity index (χ0) is 15.4. The van der Waals surface area contributed by atoms with Gasteiger partial charge in [0, 0.05) is 26.4 Å². The van der Waals surface area contributed by atoms with Crippen molar-refractivity contribution in [2.45, 2.75) is 33.6 Å². The second-order valence-electron chi connectivity index (χ2n) is 5.20. The first-order chi connectivity index (χ1) is 9.36. The average Bonchev–Trinajstić information content (AvgIpc) is 2.40. The van der Waals surface area contributed by atoms with Crippen molar-refractivity contribution in [3.05, 3.63) is 27.8 Å². The molecular weight excluding hydrogens is 292 g/mol. The summed E-state index contributed by atoms with van der Waals surface area (Å²) >= 11 is 0. The largest absolute Gasteiger partial charge is 0.396 e. The molecule has 0 aliphatic heterocycles. The van der Waals surface area contributed by atoms with E-state index in [0.717, 1.165) is 27.9 Å². The molecule has 1 aromatic carbocycles. The van der Waals surface area contributed by atoms with Gasteiger partial charge in [0.2, 0.25) is 0 Å². The van der Waals surface area contributed by atoms with Gasteiger partial charge >= 0.3 is 5.97 Å². The number of nitrogens with zero attached hydrogens (tertiary/aromatic N) is 1. The summed E-state index contributed by atoms with van der Waals surface area (Å²) < 4.78 is 0. The van der Waals surface area contributed by atoms with E-state index in [9.17, 15) is 4.79 Å². The quantitative estimate of drug-likeness (QED) is 0.813. The second kappa shape index (κ2) is 8.22. The molecule has 0 saturated carbocycles. The fourth-order valence-corrected chi connectivity index (χ4v) is 2.78. The third-order valence-corrected chi connectivity index (χ3v) is 3.75. The summed E-state index contributed by atoms with van der Waals surface area (Å²) in [6.07, 6.45) is 1.22. The van der Waals surface area contributed by atoms with Crippen molar-refractivity contribution in [1.29, 1.82) is 0 Å². The molecule has 0 heterocycles. The SMILES string of the molecule is Cc1c(C)c(N(C)C)c(C)c(CCCO)c1C(=O)ON.Cl. The molecule has 0 spiro atoms. The molecule has 3 N–H and O–H groups in total. The highest BCUT2D eigenvalue weighted by Crippen LogP contribution is 2.33. The van der Waals surface area contributed by atoms with Crippen molar-refractivity contribution in [2.75, 3.05) is 25.6 Å².